The lowest BCUT2D eigenvalue weighted by atomic mass is 9.95. The van der Waals surface area contributed by atoms with Crippen LogP contribution in [0.25, 0.3) is 0 Å². The number of fused-ring (bicyclic) bond motifs is 1. The summed E-state index contributed by atoms with van der Waals surface area (Å²) in [6.45, 7) is 2.09. The van der Waals surface area contributed by atoms with Crippen molar-refractivity contribution in [2.75, 3.05) is 0 Å². The SMILES string of the molecule is C[C@@H]1CC[C@@H](C(=O)O)c2nccn21. The summed E-state index contributed by atoms with van der Waals surface area (Å²) in [6.07, 6.45) is 5.15. The summed E-state index contributed by atoms with van der Waals surface area (Å²) in [5.41, 5.74) is 0. The summed E-state index contributed by atoms with van der Waals surface area (Å²) < 4.78 is 1.96. The van der Waals surface area contributed by atoms with E-state index in [2.05, 4.69) is 11.9 Å². The van der Waals surface area contributed by atoms with Crippen molar-refractivity contribution in [1.82, 2.24) is 9.55 Å². The lowest BCUT2D eigenvalue weighted by Crippen LogP contribution is -2.24. The van der Waals surface area contributed by atoms with Crippen LogP contribution in [0.15, 0.2) is 12.4 Å². The average molecular weight is 180 g/mol. The van der Waals surface area contributed by atoms with Gasteiger partial charge in [0.25, 0.3) is 0 Å². The molecule has 0 bridgehead atoms. The number of rotatable bonds is 1. The Hall–Kier alpha value is -1.32. The standard InChI is InChI=1S/C9H12N2O2/c1-6-2-3-7(9(12)13)8-10-4-5-11(6)8/h4-7H,2-3H2,1H3,(H,12,13)/t6-,7-/m1/s1. The molecule has 0 radical (unpaired) electrons. The van der Waals surface area contributed by atoms with Crippen molar-refractivity contribution in [2.45, 2.75) is 31.7 Å². The van der Waals surface area contributed by atoms with Gasteiger partial charge in [0, 0.05) is 18.4 Å². The summed E-state index contributed by atoms with van der Waals surface area (Å²) in [7, 11) is 0. The zero-order valence-corrected chi connectivity index (χ0v) is 7.47. The second-order valence-corrected chi connectivity index (χ2v) is 3.51. The van der Waals surface area contributed by atoms with Crippen molar-refractivity contribution in [3.8, 4) is 0 Å². The van der Waals surface area contributed by atoms with E-state index in [0.717, 1.165) is 6.42 Å². The highest BCUT2D eigenvalue weighted by molar-refractivity contribution is 5.75. The Bertz CT molecular complexity index is 332. The third-order valence-electron chi connectivity index (χ3n) is 2.66. The number of carbonyl (C=O) groups is 1. The van der Waals surface area contributed by atoms with Gasteiger partial charge in [-0.3, -0.25) is 4.79 Å². The van der Waals surface area contributed by atoms with Crippen molar-refractivity contribution >= 4 is 5.97 Å². The molecular weight excluding hydrogens is 168 g/mol. The molecule has 4 nitrogen and oxygen atoms in total. The molecule has 0 unspecified atom stereocenters. The molecule has 0 aromatic carbocycles. The quantitative estimate of drug-likeness (QED) is 0.710. The fraction of sp³-hybridized carbons (Fsp3) is 0.556. The monoisotopic (exact) mass is 180 g/mol. The molecule has 0 spiro atoms. The summed E-state index contributed by atoms with van der Waals surface area (Å²) in [5, 5.41) is 8.94. The van der Waals surface area contributed by atoms with Crippen LogP contribution in [0.4, 0.5) is 0 Å². The van der Waals surface area contributed by atoms with Crippen LogP contribution >= 0.6 is 0 Å². The Kier molecular flexibility index (Phi) is 1.83. The van der Waals surface area contributed by atoms with E-state index in [4.69, 9.17) is 5.11 Å². The highest BCUT2D eigenvalue weighted by Gasteiger charge is 2.30. The van der Waals surface area contributed by atoms with Gasteiger partial charge < -0.3 is 9.67 Å². The van der Waals surface area contributed by atoms with E-state index in [0.29, 0.717) is 18.3 Å². The van der Waals surface area contributed by atoms with E-state index in [1.54, 1.807) is 6.20 Å². The minimum atomic E-state index is -0.764. The molecule has 1 aliphatic rings. The predicted molar refractivity (Wildman–Crippen MR) is 46.5 cm³/mol. The zero-order valence-electron chi connectivity index (χ0n) is 7.47. The normalized spacial score (nSPS) is 26.8. The van der Waals surface area contributed by atoms with Gasteiger partial charge in [0.05, 0.1) is 0 Å². The number of hydrogen-bond acceptors (Lipinski definition) is 2. The van der Waals surface area contributed by atoms with E-state index < -0.39 is 11.9 Å². The molecule has 0 fully saturated rings. The number of hydrogen-bond donors (Lipinski definition) is 1. The second kappa shape index (κ2) is 2.87. The largest absolute Gasteiger partial charge is 0.481 e. The van der Waals surface area contributed by atoms with Gasteiger partial charge in [-0.1, -0.05) is 0 Å². The van der Waals surface area contributed by atoms with E-state index in [9.17, 15) is 4.79 Å². The van der Waals surface area contributed by atoms with Crippen LogP contribution in [0.5, 0.6) is 0 Å². The first-order valence-electron chi connectivity index (χ1n) is 4.45. The third-order valence-corrected chi connectivity index (χ3v) is 2.66. The van der Waals surface area contributed by atoms with Gasteiger partial charge in [-0.05, 0) is 19.8 Å². The maximum absolute atomic E-state index is 10.9. The lowest BCUT2D eigenvalue weighted by Gasteiger charge is -2.25. The summed E-state index contributed by atoms with van der Waals surface area (Å²) >= 11 is 0. The Morgan fingerprint density at radius 1 is 1.69 bits per heavy atom. The van der Waals surface area contributed by atoms with Gasteiger partial charge in [0.1, 0.15) is 11.7 Å². The van der Waals surface area contributed by atoms with Gasteiger partial charge in [0.2, 0.25) is 0 Å². The first-order chi connectivity index (χ1) is 6.20. The average Bonchev–Trinajstić information content (AvgIpc) is 2.53. The summed E-state index contributed by atoms with van der Waals surface area (Å²) in [4.78, 5) is 15.0. The van der Waals surface area contributed by atoms with Crippen LogP contribution in [0.1, 0.15) is 37.5 Å². The van der Waals surface area contributed by atoms with Crippen molar-refractivity contribution < 1.29 is 9.90 Å². The molecule has 70 valence electrons. The number of nitrogens with zero attached hydrogens (tertiary/aromatic N) is 2. The molecule has 1 aromatic heterocycles. The minimum Gasteiger partial charge on any atom is -0.481 e. The number of carboxylic acid groups (broad SMARTS) is 1. The van der Waals surface area contributed by atoms with Gasteiger partial charge in [-0.2, -0.15) is 0 Å². The second-order valence-electron chi connectivity index (χ2n) is 3.51. The number of imidazole rings is 1. The van der Waals surface area contributed by atoms with Crippen LogP contribution in [-0.4, -0.2) is 20.6 Å². The topological polar surface area (TPSA) is 55.1 Å². The molecule has 1 N–H and O–H groups in total. The summed E-state index contributed by atoms with van der Waals surface area (Å²) in [5.74, 6) is -0.475. The molecule has 0 aliphatic carbocycles. The van der Waals surface area contributed by atoms with Gasteiger partial charge in [-0.15, -0.1) is 0 Å². The van der Waals surface area contributed by atoms with Crippen molar-refractivity contribution in [2.24, 2.45) is 0 Å². The minimum absolute atomic E-state index is 0.382. The fourth-order valence-corrected chi connectivity index (χ4v) is 1.88. The van der Waals surface area contributed by atoms with Crippen molar-refractivity contribution in [3.05, 3.63) is 18.2 Å². The fourth-order valence-electron chi connectivity index (χ4n) is 1.88. The maximum atomic E-state index is 10.9. The molecule has 2 rings (SSSR count). The van der Waals surface area contributed by atoms with Gasteiger partial charge in [0.15, 0.2) is 0 Å². The van der Waals surface area contributed by atoms with Crippen molar-refractivity contribution in [3.63, 3.8) is 0 Å². The van der Waals surface area contributed by atoms with Crippen molar-refractivity contribution in [1.29, 1.82) is 0 Å². The lowest BCUT2D eigenvalue weighted by molar-refractivity contribution is -0.139. The number of carboxylic acids is 1. The molecule has 13 heavy (non-hydrogen) atoms. The Morgan fingerprint density at radius 3 is 3.15 bits per heavy atom. The summed E-state index contributed by atoms with van der Waals surface area (Å²) in [6, 6.07) is 0.382. The van der Waals surface area contributed by atoms with E-state index in [1.807, 2.05) is 10.8 Å². The predicted octanol–water partition coefficient (Wildman–Crippen LogP) is 1.41. The Balaban J connectivity index is 2.40. The smallest absolute Gasteiger partial charge is 0.314 e. The maximum Gasteiger partial charge on any atom is 0.314 e. The molecule has 1 aliphatic heterocycles. The van der Waals surface area contributed by atoms with Crippen LogP contribution in [0.2, 0.25) is 0 Å². The number of aliphatic carboxylic acids is 1. The molecule has 0 saturated heterocycles. The molecular formula is C9H12N2O2. The van der Waals surface area contributed by atoms with E-state index >= 15 is 0 Å². The molecule has 1 aromatic rings. The molecule has 0 saturated carbocycles. The highest BCUT2D eigenvalue weighted by atomic mass is 16.4. The Morgan fingerprint density at radius 2 is 2.46 bits per heavy atom. The third kappa shape index (κ3) is 1.22. The van der Waals surface area contributed by atoms with Gasteiger partial charge >= 0.3 is 5.97 Å². The van der Waals surface area contributed by atoms with Gasteiger partial charge in [-0.25, -0.2) is 4.98 Å². The van der Waals surface area contributed by atoms with E-state index in [1.165, 1.54) is 0 Å². The van der Waals surface area contributed by atoms with Crippen LogP contribution in [0.3, 0.4) is 0 Å². The van der Waals surface area contributed by atoms with Crippen LogP contribution in [0, 0.1) is 0 Å². The molecule has 0 amide bonds. The molecule has 2 atom stereocenters. The molecule has 2 heterocycles. The highest BCUT2D eigenvalue weighted by Crippen LogP contribution is 2.31. The first-order valence-corrected chi connectivity index (χ1v) is 4.45. The zero-order chi connectivity index (χ0) is 9.42. The van der Waals surface area contributed by atoms with Crippen LogP contribution < -0.4 is 0 Å². The first kappa shape index (κ1) is 8.29. The number of aromatic nitrogens is 2. The van der Waals surface area contributed by atoms with E-state index in [-0.39, 0.29) is 0 Å². The Labute approximate surface area is 76.2 Å². The van der Waals surface area contributed by atoms with Crippen LogP contribution in [-0.2, 0) is 4.79 Å². The molecule has 4 heteroatoms.